The molecule has 3 rings (SSSR count). The number of thioether (sulfide) groups is 1. The predicted molar refractivity (Wildman–Crippen MR) is 92.9 cm³/mol. The smallest absolute Gasteiger partial charge is 0.234 e. The highest BCUT2D eigenvalue weighted by Crippen LogP contribution is 2.17. The van der Waals surface area contributed by atoms with Gasteiger partial charge < -0.3 is 14.6 Å². The minimum absolute atomic E-state index is 0.181. The van der Waals surface area contributed by atoms with E-state index in [2.05, 4.69) is 20.4 Å². The summed E-state index contributed by atoms with van der Waals surface area (Å²) in [7, 11) is 1.89. The molecule has 1 amide bonds. The van der Waals surface area contributed by atoms with Gasteiger partial charge in [-0.2, -0.15) is 0 Å². The second-order valence-electron chi connectivity index (χ2n) is 5.69. The predicted octanol–water partition coefficient (Wildman–Crippen LogP) is 1.52. The molecule has 0 unspecified atom stereocenters. The molecule has 0 radical (unpaired) electrons. The summed E-state index contributed by atoms with van der Waals surface area (Å²) in [5.41, 5.74) is 0.441. The Bertz CT molecular complexity index is 733. The summed E-state index contributed by atoms with van der Waals surface area (Å²) >= 11 is 1.30. The van der Waals surface area contributed by atoms with Gasteiger partial charge in [0.1, 0.15) is 11.6 Å². The summed E-state index contributed by atoms with van der Waals surface area (Å²) in [5.74, 6) is 0.440. The number of amides is 1. The van der Waals surface area contributed by atoms with E-state index in [4.69, 9.17) is 4.74 Å². The molecule has 0 atom stereocenters. The van der Waals surface area contributed by atoms with Gasteiger partial charge in [-0.1, -0.05) is 17.8 Å². The van der Waals surface area contributed by atoms with Crippen LogP contribution in [-0.4, -0.2) is 57.6 Å². The van der Waals surface area contributed by atoms with Crippen molar-refractivity contribution in [3.05, 3.63) is 35.9 Å². The lowest BCUT2D eigenvalue weighted by molar-refractivity contribution is -0.113. The van der Waals surface area contributed by atoms with E-state index >= 15 is 0 Å². The summed E-state index contributed by atoms with van der Waals surface area (Å²) in [6, 6.07) is 5.82. The first-order valence-electron chi connectivity index (χ1n) is 7.98. The number of aromatic nitrogens is 3. The lowest BCUT2D eigenvalue weighted by atomic mass is 10.3. The molecule has 134 valence electrons. The molecular weight excluding hydrogens is 345 g/mol. The summed E-state index contributed by atoms with van der Waals surface area (Å²) in [6.45, 7) is 3.94. The molecule has 1 N–H and O–H groups in total. The third-order valence-corrected chi connectivity index (χ3v) is 4.85. The number of hydrogen-bond acceptors (Lipinski definition) is 6. The molecule has 2 heterocycles. The Hall–Kier alpha value is -1.97. The third-order valence-electron chi connectivity index (χ3n) is 3.83. The topological polar surface area (TPSA) is 72.3 Å². The molecule has 1 fully saturated rings. The molecule has 0 bridgehead atoms. The number of ether oxygens (including phenoxy) is 1. The van der Waals surface area contributed by atoms with E-state index in [0.717, 1.165) is 32.1 Å². The van der Waals surface area contributed by atoms with Crippen LogP contribution in [0.15, 0.2) is 29.4 Å². The summed E-state index contributed by atoms with van der Waals surface area (Å²) in [5, 5.41) is 11.7. The number of nitrogens with one attached hydrogen (secondary N) is 1. The van der Waals surface area contributed by atoms with Crippen LogP contribution < -0.4 is 5.32 Å². The maximum atomic E-state index is 13.1. The Balaban J connectivity index is 1.52. The van der Waals surface area contributed by atoms with Gasteiger partial charge in [-0.25, -0.2) is 4.39 Å². The summed E-state index contributed by atoms with van der Waals surface area (Å²) in [4.78, 5) is 14.3. The van der Waals surface area contributed by atoms with Gasteiger partial charge in [-0.3, -0.25) is 9.69 Å². The van der Waals surface area contributed by atoms with Crippen molar-refractivity contribution in [3.8, 4) is 0 Å². The van der Waals surface area contributed by atoms with Crippen molar-refractivity contribution in [2.24, 2.45) is 7.05 Å². The zero-order chi connectivity index (χ0) is 17.6. The molecule has 2 aromatic rings. The van der Waals surface area contributed by atoms with Gasteiger partial charge in [0.05, 0.1) is 25.5 Å². The zero-order valence-corrected chi connectivity index (χ0v) is 14.8. The molecule has 7 nitrogen and oxygen atoms in total. The van der Waals surface area contributed by atoms with Crippen molar-refractivity contribution < 1.29 is 13.9 Å². The Morgan fingerprint density at radius 2 is 2.16 bits per heavy atom. The van der Waals surface area contributed by atoms with E-state index < -0.39 is 0 Å². The van der Waals surface area contributed by atoms with E-state index in [9.17, 15) is 9.18 Å². The second kappa shape index (κ2) is 8.41. The first-order valence-corrected chi connectivity index (χ1v) is 8.97. The summed E-state index contributed by atoms with van der Waals surface area (Å²) < 4.78 is 20.4. The van der Waals surface area contributed by atoms with E-state index in [-0.39, 0.29) is 17.5 Å². The van der Waals surface area contributed by atoms with Crippen molar-refractivity contribution >= 4 is 23.4 Å². The van der Waals surface area contributed by atoms with Crippen LogP contribution in [-0.2, 0) is 23.1 Å². The van der Waals surface area contributed by atoms with Crippen LogP contribution in [0.4, 0.5) is 10.1 Å². The van der Waals surface area contributed by atoms with Crippen molar-refractivity contribution in [2.75, 3.05) is 37.4 Å². The van der Waals surface area contributed by atoms with Crippen LogP contribution in [0.2, 0.25) is 0 Å². The van der Waals surface area contributed by atoms with Crippen molar-refractivity contribution in [1.29, 1.82) is 0 Å². The molecular formula is C16H20FN5O2S. The van der Waals surface area contributed by atoms with Crippen molar-refractivity contribution in [3.63, 3.8) is 0 Å². The van der Waals surface area contributed by atoms with Gasteiger partial charge in [0, 0.05) is 25.8 Å². The normalized spacial score (nSPS) is 15.3. The van der Waals surface area contributed by atoms with Crippen molar-refractivity contribution in [2.45, 2.75) is 11.7 Å². The quantitative estimate of drug-likeness (QED) is 0.783. The van der Waals surface area contributed by atoms with Crippen LogP contribution in [0.25, 0.3) is 0 Å². The van der Waals surface area contributed by atoms with E-state index in [1.54, 1.807) is 12.1 Å². The number of carbonyl (C=O) groups excluding carboxylic acids is 1. The molecule has 25 heavy (non-hydrogen) atoms. The van der Waals surface area contributed by atoms with E-state index in [0.29, 0.717) is 17.4 Å². The van der Waals surface area contributed by atoms with Crippen LogP contribution in [0, 0.1) is 5.82 Å². The van der Waals surface area contributed by atoms with E-state index in [1.807, 2.05) is 11.6 Å². The fourth-order valence-electron chi connectivity index (χ4n) is 2.46. The Morgan fingerprint density at radius 1 is 1.36 bits per heavy atom. The van der Waals surface area contributed by atoms with Gasteiger partial charge in [0.2, 0.25) is 5.91 Å². The molecule has 1 aliphatic rings. The van der Waals surface area contributed by atoms with Gasteiger partial charge >= 0.3 is 0 Å². The number of carbonyl (C=O) groups is 1. The molecule has 0 spiro atoms. The van der Waals surface area contributed by atoms with Crippen molar-refractivity contribution in [1.82, 2.24) is 19.7 Å². The number of nitrogens with zero attached hydrogens (tertiary/aromatic N) is 4. The van der Waals surface area contributed by atoms with Gasteiger partial charge in [-0.15, -0.1) is 10.2 Å². The highest BCUT2D eigenvalue weighted by molar-refractivity contribution is 7.99. The number of rotatable bonds is 6. The average molecular weight is 365 g/mol. The Kier molecular flexibility index (Phi) is 6.00. The first-order chi connectivity index (χ1) is 12.1. The maximum Gasteiger partial charge on any atom is 0.234 e. The highest BCUT2D eigenvalue weighted by atomic mass is 32.2. The second-order valence-corrected chi connectivity index (χ2v) is 6.64. The largest absolute Gasteiger partial charge is 0.379 e. The van der Waals surface area contributed by atoms with E-state index in [1.165, 1.54) is 23.9 Å². The standard InChI is InChI=1S/C16H20FN5O2S/c1-21-14(10-22-5-7-24-8-6-22)19-20-16(21)25-11-15(23)18-13-4-2-3-12(17)9-13/h2-4,9H,5-8,10-11H2,1H3,(H,18,23). The molecule has 1 aromatic carbocycles. The molecule has 1 saturated heterocycles. The third kappa shape index (κ3) is 5.00. The van der Waals surface area contributed by atoms with Gasteiger partial charge in [-0.05, 0) is 18.2 Å². The monoisotopic (exact) mass is 365 g/mol. The van der Waals surface area contributed by atoms with Crippen LogP contribution in [0.5, 0.6) is 0 Å². The van der Waals surface area contributed by atoms with Gasteiger partial charge in [0.25, 0.3) is 0 Å². The SMILES string of the molecule is Cn1c(CN2CCOCC2)nnc1SCC(=O)Nc1cccc(F)c1. The van der Waals surface area contributed by atoms with Crippen LogP contribution >= 0.6 is 11.8 Å². The molecule has 1 aliphatic heterocycles. The minimum atomic E-state index is -0.383. The fraction of sp³-hybridized carbons (Fsp3) is 0.438. The van der Waals surface area contributed by atoms with Gasteiger partial charge in [0.15, 0.2) is 5.16 Å². The average Bonchev–Trinajstić information content (AvgIpc) is 2.94. The van der Waals surface area contributed by atoms with Crippen LogP contribution in [0.3, 0.4) is 0 Å². The number of halogens is 1. The Morgan fingerprint density at radius 3 is 2.92 bits per heavy atom. The molecule has 0 saturated carbocycles. The maximum absolute atomic E-state index is 13.1. The molecule has 1 aromatic heterocycles. The lowest BCUT2D eigenvalue weighted by Crippen LogP contribution is -2.36. The zero-order valence-electron chi connectivity index (χ0n) is 13.9. The Labute approximate surface area is 149 Å². The molecule has 9 heteroatoms. The highest BCUT2D eigenvalue weighted by Gasteiger charge is 2.16. The fourth-order valence-corrected chi connectivity index (χ4v) is 3.19. The minimum Gasteiger partial charge on any atom is -0.379 e. The molecule has 0 aliphatic carbocycles. The lowest BCUT2D eigenvalue weighted by Gasteiger charge is -2.25. The first kappa shape index (κ1) is 17.8. The number of hydrogen-bond donors (Lipinski definition) is 1. The number of anilines is 1. The summed E-state index contributed by atoms with van der Waals surface area (Å²) in [6.07, 6.45) is 0. The number of benzene rings is 1. The van der Waals surface area contributed by atoms with Crippen LogP contribution in [0.1, 0.15) is 5.82 Å². The number of morpholine rings is 1.